The average Bonchev–Trinajstić information content (AvgIpc) is 2.86. The molecule has 3 aromatic carbocycles. The molecule has 33 heavy (non-hydrogen) atoms. The van der Waals surface area contributed by atoms with Gasteiger partial charge in [0.25, 0.3) is 0 Å². The van der Waals surface area contributed by atoms with Gasteiger partial charge in [-0.15, -0.1) is 0 Å². The Morgan fingerprint density at radius 3 is 2.24 bits per heavy atom. The van der Waals surface area contributed by atoms with Gasteiger partial charge in [-0.3, -0.25) is 4.79 Å². The zero-order valence-corrected chi connectivity index (χ0v) is 19.5. The SMILES string of the molecule is N#Cc1ccc(S(=O)(=O)N2CCC(C(=O)Nc3ccccc3Sc3ccccc3)CC2)cc1. The second kappa shape index (κ2) is 10.2. The molecule has 1 aliphatic rings. The quantitative estimate of drug-likeness (QED) is 0.553. The molecule has 4 rings (SSSR count). The van der Waals surface area contributed by atoms with Gasteiger partial charge in [0, 0.05) is 28.8 Å². The lowest BCUT2D eigenvalue weighted by Gasteiger charge is -2.30. The highest BCUT2D eigenvalue weighted by atomic mass is 32.2. The molecular weight excluding hydrogens is 454 g/mol. The lowest BCUT2D eigenvalue weighted by atomic mass is 9.97. The van der Waals surface area contributed by atoms with Crippen LogP contribution in [0.3, 0.4) is 0 Å². The molecular formula is C25H23N3O3S2. The summed E-state index contributed by atoms with van der Waals surface area (Å²) >= 11 is 1.58. The van der Waals surface area contributed by atoms with Gasteiger partial charge in [-0.25, -0.2) is 8.42 Å². The third-order valence-electron chi connectivity index (χ3n) is 5.56. The highest BCUT2D eigenvalue weighted by molar-refractivity contribution is 7.99. The molecule has 0 aliphatic carbocycles. The zero-order valence-electron chi connectivity index (χ0n) is 17.8. The van der Waals surface area contributed by atoms with Crippen molar-refractivity contribution in [3.05, 3.63) is 84.4 Å². The Kier molecular flexibility index (Phi) is 7.14. The number of hydrogen-bond acceptors (Lipinski definition) is 5. The number of nitriles is 1. The number of amides is 1. The van der Waals surface area contributed by atoms with Crippen molar-refractivity contribution in [3.8, 4) is 6.07 Å². The van der Waals surface area contributed by atoms with Gasteiger partial charge in [0.05, 0.1) is 22.2 Å². The molecule has 0 radical (unpaired) electrons. The van der Waals surface area contributed by atoms with Gasteiger partial charge in [0.1, 0.15) is 0 Å². The monoisotopic (exact) mass is 477 g/mol. The summed E-state index contributed by atoms with van der Waals surface area (Å²) in [7, 11) is -3.65. The molecule has 3 aromatic rings. The van der Waals surface area contributed by atoms with Crippen LogP contribution in [0.2, 0.25) is 0 Å². The molecule has 1 fully saturated rings. The van der Waals surface area contributed by atoms with Crippen molar-refractivity contribution in [2.75, 3.05) is 18.4 Å². The molecule has 0 saturated carbocycles. The predicted octanol–water partition coefficient (Wildman–Crippen LogP) is 4.75. The predicted molar refractivity (Wildman–Crippen MR) is 128 cm³/mol. The fraction of sp³-hybridized carbons (Fsp3) is 0.200. The number of nitrogens with one attached hydrogen (secondary N) is 1. The number of anilines is 1. The first-order valence-electron chi connectivity index (χ1n) is 10.6. The molecule has 1 saturated heterocycles. The third kappa shape index (κ3) is 5.45. The molecule has 0 aromatic heterocycles. The van der Waals surface area contributed by atoms with Crippen LogP contribution in [0, 0.1) is 17.2 Å². The summed E-state index contributed by atoms with van der Waals surface area (Å²) < 4.78 is 27.2. The van der Waals surface area contributed by atoms with E-state index in [1.807, 2.05) is 60.7 Å². The van der Waals surface area contributed by atoms with Crippen LogP contribution in [0.5, 0.6) is 0 Å². The Balaban J connectivity index is 1.39. The van der Waals surface area contributed by atoms with Crippen molar-refractivity contribution in [3.63, 3.8) is 0 Å². The maximum absolute atomic E-state index is 13.0. The van der Waals surface area contributed by atoms with E-state index in [-0.39, 0.29) is 29.8 Å². The molecule has 1 aliphatic heterocycles. The first-order chi connectivity index (χ1) is 16.0. The van der Waals surface area contributed by atoms with Crippen molar-refractivity contribution in [1.82, 2.24) is 4.31 Å². The number of nitrogens with zero attached hydrogens (tertiary/aromatic N) is 2. The van der Waals surface area contributed by atoms with E-state index in [1.54, 1.807) is 11.8 Å². The van der Waals surface area contributed by atoms with Crippen molar-refractivity contribution < 1.29 is 13.2 Å². The molecule has 0 unspecified atom stereocenters. The first-order valence-corrected chi connectivity index (χ1v) is 12.9. The Bertz CT molecular complexity index is 1260. The van der Waals surface area contributed by atoms with Crippen LogP contribution in [0.15, 0.2) is 93.5 Å². The number of piperidine rings is 1. The van der Waals surface area contributed by atoms with Crippen LogP contribution in [-0.2, 0) is 14.8 Å². The van der Waals surface area contributed by atoms with Gasteiger partial charge in [-0.05, 0) is 61.4 Å². The fourth-order valence-corrected chi connectivity index (χ4v) is 6.11. The second-order valence-electron chi connectivity index (χ2n) is 7.72. The van der Waals surface area contributed by atoms with Gasteiger partial charge in [-0.2, -0.15) is 9.57 Å². The van der Waals surface area contributed by atoms with E-state index >= 15 is 0 Å². The number of rotatable bonds is 6. The summed E-state index contributed by atoms with van der Waals surface area (Å²) in [6, 6.07) is 25.5. The van der Waals surface area contributed by atoms with Gasteiger partial charge in [-0.1, -0.05) is 42.1 Å². The Morgan fingerprint density at radius 2 is 1.58 bits per heavy atom. The summed E-state index contributed by atoms with van der Waals surface area (Å²) in [6.07, 6.45) is 0.907. The fourth-order valence-electron chi connectivity index (χ4n) is 3.72. The highest BCUT2D eigenvalue weighted by Crippen LogP contribution is 2.34. The van der Waals surface area contributed by atoms with E-state index in [2.05, 4.69) is 5.32 Å². The highest BCUT2D eigenvalue weighted by Gasteiger charge is 2.32. The molecule has 6 nitrogen and oxygen atoms in total. The lowest BCUT2D eigenvalue weighted by molar-refractivity contribution is -0.120. The van der Waals surface area contributed by atoms with Crippen LogP contribution in [0.25, 0.3) is 0 Å². The molecule has 1 N–H and O–H groups in total. The minimum Gasteiger partial charge on any atom is -0.325 e. The molecule has 0 spiro atoms. The van der Waals surface area contributed by atoms with E-state index in [4.69, 9.17) is 5.26 Å². The van der Waals surface area contributed by atoms with E-state index in [9.17, 15) is 13.2 Å². The maximum Gasteiger partial charge on any atom is 0.243 e. The van der Waals surface area contributed by atoms with E-state index in [0.717, 1.165) is 15.5 Å². The summed E-state index contributed by atoms with van der Waals surface area (Å²) in [5.41, 5.74) is 1.17. The minimum absolute atomic E-state index is 0.0912. The van der Waals surface area contributed by atoms with Crippen LogP contribution in [-0.4, -0.2) is 31.7 Å². The van der Waals surface area contributed by atoms with E-state index in [0.29, 0.717) is 18.4 Å². The van der Waals surface area contributed by atoms with Gasteiger partial charge >= 0.3 is 0 Å². The number of hydrogen-bond donors (Lipinski definition) is 1. The van der Waals surface area contributed by atoms with Gasteiger partial charge in [0.2, 0.25) is 15.9 Å². The molecule has 0 bridgehead atoms. The topological polar surface area (TPSA) is 90.3 Å². The van der Waals surface area contributed by atoms with Gasteiger partial charge < -0.3 is 5.32 Å². The van der Waals surface area contributed by atoms with E-state index < -0.39 is 10.0 Å². The smallest absolute Gasteiger partial charge is 0.243 e. The molecule has 1 heterocycles. The van der Waals surface area contributed by atoms with E-state index in [1.165, 1.54) is 28.6 Å². The largest absolute Gasteiger partial charge is 0.325 e. The normalized spacial score (nSPS) is 15.0. The zero-order chi connectivity index (χ0) is 23.3. The molecule has 168 valence electrons. The molecule has 8 heteroatoms. The Hall–Kier alpha value is -3.12. The summed E-state index contributed by atoms with van der Waals surface area (Å²) in [5.74, 6) is -0.348. The van der Waals surface area contributed by atoms with Crippen LogP contribution in [0.4, 0.5) is 5.69 Å². The number of carbonyl (C=O) groups excluding carboxylic acids is 1. The van der Waals surface area contributed by atoms with Crippen LogP contribution < -0.4 is 5.32 Å². The average molecular weight is 478 g/mol. The number of benzene rings is 3. The summed E-state index contributed by atoms with van der Waals surface area (Å²) in [5, 5.41) is 11.9. The number of carbonyl (C=O) groups is 1. The summed E-state index contributed by atoms with van der Waals surface area (Å²) in [6.45, 7) is 0.557. The number of sulfonamides is 1. The standard InChI is InChI=1S/C25H23N3O3S2/c26-18-19-10-12-22(13-11-19)33(30,31)28-16-14-20(15-17-28)25(29)27-23-8-4-5-9-24(23)32-21-6-2-1-3-7-21/h1-13,20H,14-17H2,(H,27,29). The van der Waals surface area contributed by atoms with Crippen LogP contribution in [0.1, 0.15) is 18.4 Å². The van der Waals surface area contributed by atoms with Crippen molar-refractivity contribution >= 4 is 33.4 Å². The second-order valence-corrected chi connectivity index (χ2v) is 10.8. The van der Waals surface area contributed by atoms with Crippen molar-refractivity contribution in [2.45, 2.75) is 27.5 Å². The van der Waals surface area contributed by atoms with Crippen molar-refractivity contribution in [2.24, 2.45) is 5.92 Å². The lowest BCUT2D eigenvalue weighted by Crippen LogP contribution is -2.41. The maximum atomic E-state index is 13.0. The summed E-state index contributed by atoms with van der Waals surface area (Å²) in [4.78, 5) is 15.2. The molecule has 0 atom stereocenters. The minimum atomic E-state index is -3.65. The molecule has 1 amide bonds. The Morgan fingerprint density at radius 1 is 0.939 bits per heavy atom. The third-order valence-corrected chi connectivity index (χ3v) is 8.56. The number of para-hydroxylation sites is 1. The Labute approximate surface area is 198 Å². The van der Waals surface area contributed by atoms with Crippen LogP contribution >= 0.6 is 11.8 Å². The van der Waals surface area contributed by atoms with Gasteiger partial charge in [0.15, 0.2) is 0 Å². The first kappa shape index (κ1) is 23.1. The van der Waals surface area contributed by atoms with Crippen molar-refractivity contribution in [1.29, 1.82) is 5.26 Å².